The molecule has 2 aromatic rings. The second kappa shape index (κ2) is 6.80. The van der Waals surface area contributed by atoms with E-state index in [4.69, 9.17) is 0 Å². The largest absolute Gasteiger partial charge is 0.371 e. The lowest BCUT2D eigenvalue weighted by Gasteiger charge is -2.40. The van der Waals surface area contributed by atoms with E-state index in [0.29, 0.717) is 6.42 Å². The number of nitrogens with zero attached hydrogens (tertiary/aromatic N) is 1. The number of hydrogen-bond donors (Lipinski definition) is 3. The van der Waals surface area contributed by atoms with Crippen LogP contribution in [0.25, 0.3) is 0 Å². The van der Waals surface area contributed by atoms with Crippen molar-refractivity contribution >= 4 is 22.8 Å². The third kappa shape index (κ3) is 2.76. The molecule has 1 aromatic heterocycles. The van der Waals surface area contributed by atoms with Gasteiger partial charge < -0.3 is 5.32 Å². The van der Waals surface area contributed by atoms with Crippen molar-refractivity contribution in [3.63, 3.8) is 0 Å². The average molecular weight is 396 g/mol. The highest BCUT2D eigenvalue weighted by atomic mass is 32.1. The van der Waals surface area contributed by atoms with Crippen molar-refractivity contribution in [2.24, 2.45) is 5.92 Å². The molecule has 144 valence electrons. The van der Waals surface area contributed by atoms with Gasteiger partial charge in [0, 0.05) is 46.5 Å². The van der Waals surface area contributed by atoms with Crippen molar-refractivity contribution in [1.82, 2.24) is 16.2 Å². The zero-order chi connectivity index (χ0) is 19.3. The predicted molar refractivity (Wildman–Crippen MR) is 105 cm³/mol. The summed E-state index contributed by atoms with van der Waals surface area (Å²) in [5.41, 5.74) is 9.75. The fraction of sp³-hybridized carbons (Fsp3) is 0.350. The molecule has 1 fully saturated rings. The van der Waals surface area contributed by atoms with E-state index in [1.54, 1.807) is 23.5 Å². The van der Waals surface area contributed by atoms with Gasteiger partial charge in [-0.3, -0.25) is 14.9 Å². The van der Waals surface area contributed by atoms with Crippen molar-refractivity contribution in [2.45, 2.75) is 37.4 Å². The summed E-state index contributed by atoms with van der Waals surface area (Å²) in [5, 5.41) is 16.6. The molecule has 1 aromatic carbocycles. The Labute approximate surface area is 166 Å². The van der Waals surface area contributed by atoms with E-state index in [1.165, 1.54) is 17.0 Å². The van der Waals surface area contributed by atoms with Crippen LogP contribution >= 0.6 is 11.3 Å². The molecule has 0 spiro atoms. The number of benzene rings is 1. The van der Waals surface area contributed by atoms with Crippen LogP contribution in [0.1, 0.15) is 41.7 Å². The Morgan fingerprint density at radius 2 is 1.93 bits per heavy atom. The zero-order valence-corrected chi connectivity index (χ0v) is 15.9. The van der Waals surface area contributed by atoms with E-state index in [-0.39, 0.29) is 40.4 Å². The fourth-order valence-electron chi connectivity index (χ4n) is 4.75. The van der Waals surface area contributed by atoms with E-state index < -0.39 is 0 Å². The molecular formula is C20H20N4O3S. The van der Waals surface area contributed by atoms with Gasteiger partial charge in [-0.25, -0.2) is 10.9 Å². The summed E-state index contributed by atoms with van der Waals surface area (Å²) < 4.78 is 0. The molecule has 28 heavy (non-hydrogen) atoms. The molecule has 1 aliphatic carbocycles. The van der Waals surface area contributed by atoms with Gasteiger partial charge in [0.1, 0.15) is 0 Å². The summed E-state index contributed by atoms with van der Waals surface area (Å²) in [5.74, 6) is 0.331. The Balaban J connectivity index is 1.58. The van der Waals surface area contributed by atoms with Crippen molar-refractivity contribution in [1.29, 1.82) is 0 Å². The van der Waals surface area contributed by atoms with E-state index in [9.17, 15) is 14.9 Å². The van der Waals surface area contributed by atoms with Crippen molar-refractivity contribution in [3.05, 3.63) is 73.6 Å². The van der Waals surface area contributed by atoms with Gasteiger partial charge in [0.05, 0.1) is 17.1 Å². The molecule has 5 rings (SSSR count). The van der Waals surface area contributed by atoms with E-state index in [2.05, 4.69) is 27.6 Å². The quantitative estimate of drug-likeness (QED) is 0.545. The lowest BCUT2D eigenvalue weighted by atomic mass is 9.71. The number of hydrogen-bond acceptors (Lipinski definition) is 7. The van der Waals surface area contributed by atoms with Gasteiger partial charge in [0.2, 0.25) is 0 Å². The number of thiophene rings is 1. The molecule has 4 unspecified atom stereocenters. The number of nitrogens with one attached hydrogen (secondary N) is 3. The second-order valence-electron chi connectivity index (χ2n) is 7.48. The number of carbonyl (C=O) groups is 1. The standard InChI is InChI=1S/C20H20N4O3S/c25-14-4-1-3-13-16(14)17(15-5-2-10-28-15)18-19(22-23-20(18)21-13)11-6-8-12(9-7-11)24(26)27/h2,5-10,17-23H,1,3-4H2. The summed E-state index contributed by atoms with van der Waals surface area (Å²) in [7, 11) is 0. The number of nitro groups is 1. The van der Waals surface area contributed by atoms with Crippen LogP contribution in [0, 0.1) is 16.0 Å². The zero-order valence-electron chi connectivity index (χ0n) is 15.1. The van der Waals surface area contributed by atoms with E-state index in [0.717, 1.165) is 29.7 Å². The first-order valence-electron chi connectivity index (χ1n) is 9.45. The average Bonchev–Trinajstić information content (AvgIpc) is 3.37. The third-order valence-corrected chi connectivity index (χ3v) is 6.91. The summed E-state index contributed by atoms with van der Waals surface area (Å²) in [6.07, 6.45) is 2.38. The highest BCUT2D eigenvalue weighted by molar-refractivity contribution is 7.10. The Morgan fingerprint density at radius 1 is 1.11 bits per heavy atom. The normalized spacial score (nSPS) is 29.2. The van der Waals surface area contributed by atoms with Crippen molar-refractivity contribution < 1.29 is 9.72 Å². The monoisotopic (exact) mass is 396 g/mol. The molecule has 8 heteroatoms. The molecule has 0 amide bonds. The van der Waals surface area contributed by atoms with Crippen LogP contribution in [-0.2, 0) is 4.79 Å². The Hall–Kier alpha value is -2.55. The predicted octanol–water partition coefficient (Wildman–Crippen LogP) is 3.14. The minimum Gasteiger partial charge on any atom is -0.371 e. The van der Waals surface area contributed by atoms with Crippen molar-refractivity contribution in [2.75, 3.05) is 0 Å². The molecule has 3 N–H and O–H groups in total. The smallest absolute Gasteiger partial charge is 0.269 e. The van der Waals surface area contributed by atoms with Crippen LogP contribution in [0.15, 0.2) is 53.0 Å². The SMILES string of the molecule is O=C1CCCC2=C1C(c1cccs1)C1C(NNC1c1ccc([N+](=O)[O-])cc1)N2. The summed E-state index contributed by atoms with van der Waals surface area (Å²) in [6, 6.07) is 10.8. The molecule has 7 nitrogen and oxygen atoms in total. The Bertz CT molecular complexity index is 954. The van der Waals surface area contributed by atoms with Crippen LogP contribution in [0.2, 0.25) is 0 Å². The number of allylic oxidation sites excluding steroid dienone is 2. The maximum Gasteiger partial charge on any atom is 0.269 e. The Kier molecular flexibility index (Phi) is 4.26. The number of fused-ring (bicyclic) bond motifs is 1. The number of hydrazine groups is 1. The first-order valence-corrected chi connectivity index (χ1v) is 10.3. The van der Waals surface area contributed by atoms with Crippen molar-refractivity contribution in [3.8, 4) is 0 Å². The van der Waals surface area contributed by atoms with Gasteiger partial charge >= 0.3 is 0 Å². The summed E-state index contributed by atoms with van der Waals surface area (Å²) in [6.45, 7) is 0. The molecule has 0 saturated carbocycles. The van der Waals surface area contributed by atoms with Crippen LogP contribution < -0.4 is 16.2 Å². The first kappa shape index (κ1) is 17.5. The first-order chi connectivity index (χ1) is 13.6. The molecule has 0 bridgehead atoms. The number of non-ortho nitro benzene ring substituents is 1. The maximum absolute atomic E-state index is 12.9. The summed E-state index contributed by atoms with van der Waals surface area (Å²) in [4.78, 5) is 24.7. The van der Waals surface area contributed by atoms with Gasteiger partial charge in [-0.15, -0.1) is 11.3 Å². The maximum atomic E-state index is 12.9. The molecule has 3 aliphatic rings. The number of nitro benzene ring substituents is 1. The van der Waals surface area contributed by atoms with E-state index >= 15 is 0 Å². The van der Waals surface area contributed by atoms with Gasteiger partial charge in [0.15, 0.2) is 5.78 Å². The second-order valence-corrected chi connectivity index (χ2v) is 8.46. The Morgan fingerprint density at radius 3 is 2.64 bits per heavy atom. The molecule has 3 heterocycles. The van der Waals surface area contributed by atoms with Crippen LogP contribution in [0.3, 0.4) is 0 Å². The van der Waals surface area contributed by atoms with Crippen LogP contribution in [-0.4, -0.2) is 16.9 Å². The molecule has 4 atom stereocenters. The van der Waals surface area contributed by atoms with Crippen LogP contribution in [0.4, 0.5) is 5.69 Å². The highest BCUT2D eigenvalue weighted by Crippen LogP contribution is 2.49. The number of carbonyl (C=O) groups excluding carboxylic acids is 1. The minimum absolute atomic E-state index is 0.00283. The number of ketones is 1. The topological polar surface area (TPSA) is 96.3 Å². The fourth-order valence-corrected chi connectivity index (χ4v) is 5.64. The molecular weight excluding hydrogens is 376 g/mol. The number of Topliss-reactive ketones (excluding diaryl/α,β-unsaturated/α-hetero) is 1. The number of rotatable bonds is 3. The molecule has 2 aliphatic heterocycles. The molecule has 0 radical (unpaired) electrons. The van der Waals surface area contributed by atoms with Gasteiger partial charge in [-0.2, -0.15) is 0 Å². The van der Waals surface area contributed by atoms with Gasteiger partial charge in [0.25, 0.3) is 5.69 Å². The lowest BCUT2D eigenvalue weighted by Crippen LogP contribution is -2.50. The van der Waals surface area contributed by atoms with Gasteiger partial charge in [-0.1, -0.05) is 18.2 Å². The third-order valence-electron chi connectivity index (χ3n) is 5.96. The highest BCUT2D eigenvalue weighted by Gasteiger charge is 2.49. The van der Waals surface area contributed by atoms with E-state index in [1.807, 2.05) is 6.07 Å². The van der Waals surface area contributed by atoms with Crippen LogP contribution in [0.5, 0.6) is 0 Å². The minimum atomic E-state index is -0.388. The van der Waals surface area contributed by atoms with Gasteiger partial charge in [-0.05, 0) is 29.9 Å². The summed E-state index contributed by atoms with van der Waals surface area (Å²) >= 11 is 1.68. The molecule has 1 saturated heterocycles. The lowest BCUT2D eigenvalue weighted by molar-refractivity contribution is -0.384.